The number of nitrogens with one attached hydrogen (secondary N) is 1. The van der Waals surface area contributed by atoms with Crippen LogP contribution in [0, 0.1) is 18.3 Å². The minimum atomic E-state index is 0.569. The molecule has 1 aromatic carbocycles. The summed E-state index contributed by atoms with van der Waals surface area (Å²) in [6.45, 7) is 4.50. The Morgan fingerprint density at radius 2 is 2.30 bits per heavy atom. The molecule has 1 aromatic heterocycles. The first kappa shape index (κ1) is 14.4. The number of aromatic nitrogens is 2. The van der Waals surface area contributed by atoms with Gasteiger partial charge in [-0.05, 0) is 17.9 Å². The van der Waals surface area contributed by atoms with E-state index in [4.69, 9.17) is 4.52 Å². The number of benzene rings is 1. The number of rotatable bonds is 6. The topological polar surface area (TPSA) is 74.7 Å². The molecule has 0 amide bonds. The fourth-order valence-corrected chi connectivity index (χ4v) is 2.61. The van der Waals surface area contributed by atoms with E-state index in [1.54, 1.807) is 18.7 Å². The highest BCUT2D eigenvalue weighted by atomic mass is 32.2. The van der Waals surface area contributed by atoms with Gasteiger partial charge in [0, 0.05) is 24.8 Å². The third-order valence-corrected chi connectivity index (χ3v) is 3.61. The summed E-state index contributed by atoms with van der Waals surface area (Å²) in [7, 11) is 0. The van der Waals surface area contributed by atoms with Gasteiger partial charge in [0.1, 0.15) is 6.07 Å². The molecular formula is C14H16N4OS. The van der Waals surface area contributed by atoms with Crippen molar-refractivity contribution in [3.05, 3.63) is 35.5 Å². The van der Waals surface area contributed by atoms with Crippen molar-refractivity contribution in [2.75, 3.05) is 17.6 Å². The predicted octanol–water partition coefficient (Wildman–Crippen LogP) is 3.02. The molecule has 0 aliphatic carbocycles. The normalized spacial score (nSPS) is 10.2. The number of hydrogen-bond donors (Lipinski definition) is 1. The zero-order valence-electron chi connectivity index (χ0n) is 11.5. The molecule has 0 atom stereocenters. The number of nitriles is 1. The highest BCUT2D eigenvalue weighted by Crippen LogP contribution is 2.27. The van der Waals surface area contributed by atoms with Gasteiger partial charge in [-0.3, -0.25) is 0 Å². The second kappa shape index (κ2) is 6.96. The van der Waals surface area contributed by atoms with E-state index in [2.05, 4.69) is 28.5 Å². The molecule has 0 fully saturated rings. The van der Waals surface area contributed by atoms with Crippen molar-refractivity contribution >= 4 is 17.4 Å². The van der Waals surface area contributed by atoms with Crippen LogP contribution >= 0.6 is 11.8 Å². The van der Waals surface area contributed by atoms with E-state index in [0.717, 1.165) is 16.3 Å². The first-order chi connectivity index (χ1) is 9.74. The van der Waals surface area contributed by atoms with Crippen molar-refractivity contribution in [1.29, 1.82) is 5.26 Å². The fraction of sp³-hybridized carbons (Fsp3) is 0.357. The Labute approximate surface area is 122 Å². The van der Waals surface area contributed by atoms with Gasteiger partial charge in [0.2, 0.25) is 5.89 Å². The molecule has 0 radical (unpaired) electrons. The molecule has 0 unspecified atom stereocenters. The van der Waals surface area contributed by atoms with E-state index >= 15 is 0 Å². The molecule has 0 spiro atoms. The Bertz CT molecular complexity index is 618. The summed E-state index contributed by atoms with van der Waals surface area (Å²) in [6.07, 6.45) is 0.660. The third-order valence-electron chi connectivity index (χ3n) is 2.67. The first-order valence-electron chi connectivity index (χ1n) is 6.43. The molecule has 0 aliphatic rings. The Balaban J connectivity index is 2.02. The lowest BCUT2D eigenvalue weighted by Gasteiger charge is -2.10. The second-order valence-corrected chi connectivity index (χ2v) is 5.44. The molecule has 2 rings (SSSR count). The van der Waals surface area contributed by atoms with Gasteiger partial charge in [-0.1, -0.05) is 18.1 Å². The Morgan fingerprint density at radius 3 is 2.95 bits per heavy atom. The quantitative estimate of drug-likeness (QED) is 0.824. The van der Waals surface area contributed by atoms with Crippen molar-refractivity contribution in [3.63, 3.8) is 0 Å². The maximum atomic E-state index is 9.30. The number of nitrogens with zero attached hydrogens (tertiary/aromatic N) is 3. The Morgan fingerprint density at radius 1 is 1.45 bits per heavy atom. The van der Waals surface area contributed by atoms with Crippen LogP contribution in [0.1, 0.15) is 24.2 Å². The maximum Gasteiger partial charge on any atom is 0.223 e. The lowest BCUT2D eigenvalue weighted by Crippen LogP contribution is -2.07. The molecule has 0 aliphatic heterocycles. The smallest absolute Gasteiger partial charge is 0.223 e. The van der Waals surface area contributed by atoms with Gasteiger partial charge in [0.25, 0.3) is 0 Å². The average molecular weight is 288 g/mol. The largest absolute Gasteiger partial charge is 0.383 e. The van der Waals surface area contributed by atoms with Crippen molar-refractivity contribution in [2.24, 2.45) is 0 Å². The average Bonchev–Trinajstić information content (AvgIpc) is 2.85. The van der Waals surface area contributed by atoms with Gasteiger partial charge in [0.15, 0.2) is 5.82 Å². The highest BCUT2D eigenvalue weighted by molar-refractivity contribution is 7.99. The van der Waals surface area contributed by atoms with Crippen LogP contribution in [0.3, 0.4) is 0 Å². The van der Waals surface area contributed by atoms with Gasteiger partial charge in [-0.2, -0.15) is 10.2 Å². The number of thioether (sulfide) groups is 1. The summed E-state index contributed by atoms with van der Waals surface area (Å²) in [5.74, 6) is 2.19. The molecule has 0 saturated carbocycles. The number of hydrogen-bond acceptors (Lipinski definition) is 6. The number of anilines is 1. The fourth-order valence-electron chi connectivity index (χ4n) is 1.82. The summed E-state index contributed by atoms with van der Waals surface area (Å²) < 4.78 is 4.92. The Kier molecular flexibility index (Phi) is 5.02. The molecular weight excluding hydrogens is 272 g/mol. The predicted molar refractivity (Wildman–Crippen MR) is 78.8 cm³/mol. The van der Waals surface area contributed by atoms with E-state index in [0.29, 0.717) is 30.2 Å². The van der Waals surface area contributed by atoms with Crippen LogP contribution in [0.2, 0.25) is 0 Å². The van der Waals surface area contributed by atoms with Crippen molar-refractivity contribution < 1.29 is 4.52 Å². The lowest BCUT2D eigenvalue weighted by molar-refractivity contribution is 0.387. The van der Waals surface area contributed by atoms with Gasteiger partial charge in [0.05, 0.1) is 11.3 Å². The van der Waals surface area contributed by atoms with E-state index in [-0.39, 0.29) is 0 Å². The van der Waals surface area contributed by atoms with Gasteiger partial charge in [-0.15, -0.1) is 11.8 Å². The summed E-state index contributed by atoms with van der Waals surface area (Å²) in [5, 5.41) is 16.4. The van der Waals surface area contributed by atoms with Crippen molar-refractivity contribution in [3.8, 4) is 6.07 Å². The van der Waals surface area contributed by atoms with Crippen LogP contribution in [0.15, 0.2) is 27.6 Å². The van der Waals surface area contributed by atoms with Crippen LogP contribution in [0.5, 0.6) is 0 Å². The van der Waals surface area contributed by atoms with E-state index in [1.165, 1.54) is 0 Å². The highest BCUT2D eigenvalue weighted by Gasteiger charge is 2.08. The van der Waals surface area contributed by atoms with Crippen LogP contribution in [-0.2, 0) is 6.42 Å². The van der Waals surface area contributed by atoms with Gasteiger partial charge >= 0.3 is 0 Å². The van der Waals surface area contributed by atoms with Crippen LogP contribution in [0.25, 0.3) is 0 Å². The van der Waals surface area contributed by atoms with Crippen LogP contribution in [-0.4, -0.2) is 22.4 Å². The molecule has 1 N–H and O–H groups in total. The standard InChI is InChI=1S/C14H16N4OS/c1-3-20-13-6-4-5-12(11(13)9-15)16-8-7-14-17-10(2)19-18-14/h4-6,16H,3,7-8H2,1-2H3. The molecule has 5 nitrogen and oxygen atoms in total. The third kappa shape index (κ3) is 3.52. The summed E-state index contributed by atoms with van der Waals surface area (Å²) in [5.41, 5.74) is 1.55. The van der Waals surface area contributed by atoms with Gasteiger partial charge in [-0.25, -0.2) is 0 Å². The second-order valence-electron chi connectivity index (χ2n) is 4.13. The molecule has 0 bridgehead atoms. The first-order valence-corrected chi connectivity index (χ1v) is 7.42. The summed E-state index contributed by atoms with van der Waals surface area (Å²) in [6, 6.07) is 8.12. The minimum absolute atomic E-state index is 0.569. The molecule has 104 valence electrons. The SMILES string of the molecule is CCSc1cccc(NCCc2noc(C)n2)c1C#N. The lowest BCUT2D eigenvalue weighted by atomic mass is 10.2. The maximum absolute atomic E-state index is 9.30. The zero-order chi connectivity index (χ0) is 14.4. The van der Waals surface area contributed by atoms with E-state index < -0.39 is 0 Å². The molecule has 20 heavy (non-hydrogen) atoms. The van der Waals surface area contributed by atoms with Crippen molar-refractivity contribution in [2.45, 2.75) is 25.2 Å². The summed E-state index contributed by atoms with van der Waals surface area (Å²) >= 11 is 1.67. The Hall–Kier alpha value is -2.00. The van der Waals surface area contributed by atoms with Crippen molar-refractivity contribution in [1.82, 2.24) is 10.1 Å². The van der Waals surface area contributed by atoms with E-state index in [9.17, 15) is 5.26 Å². The number of aryl methyl sites for hydroxylation is 1. The molecule has 2 aromatic rings. The molecule has 6 heteroatoms. The monoisotopic (exact) mass is 288 g/mol. The molecule has 0 saturated heterocycles. The summed E-state index contributed by atoms with van der Waals surface area (Å²) in [4.78, 5) is 5.15. The van der Waals surface area contributed by atoms with Crippen LogP contribution < -0.4 is 5.32 Å². The van der Waals surface area contributed by atoms with Gasteiger partial charge < -0.3 is 9.84 Å². The van der Waals surface area contributed by atoms with Crippen LogP contribution in [0.4, 0.5) is 5.69 Å². The zero-order valence-corrected chi connectivity index (χ0v) is 12.3. The molecule has 1 heterocycles. The van der Waals surface area contributed by atoms with E-state index in [1.807, 2.05) is 18.2 Å². The minimum Gasteiger partial charge on any atom is -0.383 e.